The Kier molecular flexibility index (Phi) is 3.48. The Bertz CT molecular complexity index is 750. The number of para-hydroxylation sites is 1. The first-order valence-electron chi connectivity index (χ1n) is 6.35. The van der Waals surface area contributed by atoms with E-state index in [1.54, 1.807) is 18.8 Å². The van der Waals surface area contributed by atoms with Gasteiger partial charge in [0, 0.05) is 22.8 Å². The van der Waals surface area contributed by atoms with Gasteiger partial charge in [0.25, 0.3) is 5.91 Å². The number of H-pyrrole nitrogens is 1. The number of nitrogens with one attached hydrogen (secondary N) is 2. The van der Waals surface area contributed by atoms with Crippen LogP contribution in [-0.4, -0.2) is 17.9 Å². The molecular formula is C16H14N2OS. The minimum atomic E-state index is -0.0976. The van der Waals surface area contributed by atoms with E-state index in [0.29, 0.717) is 5.69 Å². The van der Waals surface area contributed by atoms with Gasteiger partial charge in [0.1, 0.15) is 5.69 Å². The SMILES string of the molecule is CNC(=O)c1[nH]c2ccccc2c1Sc1ccccc1. The van der Waals surface area contributed by atoms with Crippen molar-refractivity contribution in [1.29, 1.82) is 0 Å². The van der Waals surface area contributed by atoms with Crippen molar-refractivity contribution >= 4 is 28.6 Å². The van der Waals surface area contributed by atoms with Crippen LogP contribution in [0, 0.1) is 0 Å². The second kappa shape index (κ2) is 5.43. The summed E-state index contributed by atoms with van der Waals surface area (Å²) in [6.07, 6.45) is 0. The molecule has 4 heteroatoms. The molecule has 1 aromatic heterocycles. The van der Waals surface area contributed by atoms with Crippen molar-refractivity contribution in [2.75, 3.05) is 7.05 Å². The number of rotatable bonds is 3. The van der Waals surface area contributed by atoms with Crippen LogP contribution in [0.2, 0.25) is 0 Å². The molecule has 1 heterocycles. The van der Waals surface area contributed by atoms with E-state index in [1.807, 2.05) is 54.6 Å². The van der Waals surface area contributed by atoms with Gasteiger partial charge in [0.05, 0.1) is 4.90 Å². The number of benzene rings is 2. The topological polar surface area (TPSA) is 44.9 Å². The molecule has 0 radical (unpaired) electrons. The summed E-state index contributed by atoms with van der Waals surface area (Å²) in [6, 6.07) is 18.0. The Morgan fingerprint density at radius 2 is 1.75 bits per heavy atom. The fourth-order valence-corrected chi connectivity index (χ4v) is 3.18. The number of aromatic nitrogens is 1. The van der Waals surface area contributed by atoms with Crippen molar-refractivity contribution in [3.05, 3.63) is 60.3 Å². The van der Waals surface area contributed by atoms with E-state index < -0.39 is 0 Å². The monoisotopic (exact) mass is 282 g/mol. The van der Waals surface area contributed by atoms with Crippen LogP contribution in [0.3, 0.4) is 0 Å². The number of fused-ring (bicyclic) bond motifs is 1. The van der Waals surface area contributed by atoms with Crippen LogP contribution in [0.1, 0.15) is 10.5 Å². The first-order valence-corrected chi connectivity index (χ1v) is 7.17. The molecule has 0 aliphatic rings. The first kappa shape index (κ1) is 12.8. The van der Waals surface area contributed by atoms with Gasteiger partial charge in [-0.3, -0.25) is 4.79 Å². The van der Waals surface area contributed by atoms with E-state index in [2.05, 4.69) is 10.3 Å². The van der Waals surface area contributed by atoms with Gasteiger partial charge in [-0.15, -0.1) is 0 Å². The lowest BCUT2D eigenvalue weighted by molar-refractivity contribution is 0.0956. The third kappa shape index (κ3) is 2.30. The molecule has 20 heavy (non-hydrogen) atoms. The number of aromatic amines is 1. The molecule has 0 aliphatic heterocycles. The number of hydrogen-bond donors (Lipinski definition) is 2. The van der Waals surface area contributed by atoms with Crippen LogP contribution in [0.15, 0.2) is 64.4 Å². The van der Waals surface area contributed by atoms with E-state index in [0.717, 1.165) is 20.7 Å². The van der Waals surface area contributed by atoms with E-state index in [9.17, 15) is 4.79 Å². The number of carbonyl (C=O) groups excluding carboxylic acids is 1. The van der Waals surface area contributed by atoms with Crippen LogP contribution in [0.4, 0.5) is 0 Å². The van der Waals surface area contributed by atoms with Crippen molar-refractivity contribution in [1.82, 2.24) is 10.3 Å². The Labute approximate surface area is 121 Å². The van der Waals surface area contributed by atoms with Gasteiger partial charge in [-0.1, -0.05) is 48.2 Å². The lowest BCUT2D eigenvalue weighted by Crippen LogP contribution is -2.18. The molecule has 100 valence electrons. The molecule has 0 spiro atoms. The highest BCUT2D eigenvalue weighted by atomic mass is 32.2. The van der Waals surface area contributed by atoms with Crippen molar-refractivity contribution < 1.29 is 4.79 Å². The number of amides is 1. The van der Waals surface area contributed by atoms with Gasteiger partial charge < -0.3 is 10.3 Å². The molecule has 2 N–H and O–H groups in total. The molecule has 0 saturated heterocycles. The summed E-state index contributed by atoms with van der Waals surface area (Å²) in [6.45, 7) is 0. The molecule has 0 atom stereocenters. The average Bonchev–Trinajstić information content (AvgIpc) is 2.86. The van der Waals surface area contributed by atoms with Crippen molar-refractivity contribution in [3.8, 4) is 0 Å². The summed E-state index contributed by atoms with van der Waals surface area (Å²) < 4.78 is 0. The Morgan fingerprint density at radius 3 is 2.50 bits per heavy atom. The van der Waals surface area contributed by atoms with Gasteiger partial charge in [-0.25, -0.2) is 0 Å². The Balaban J connectivity index is 2.13. The van der Waals surface area contributed by atoms with E-state index in [4.69, 9.17) is 0 Å². The van der Waals surface area contributed by atoms with Crippen molar-refractivity contribution in [2.24, 2.45) is 0 Å². The highest BCUT2D eigenvalue weighted by molar-refractivity contribution is 7.99. The van der Waals surface area contributed by atoms with Crippen LogP contribution < -0.4 is 5.32 Å². The van der Waals surface area contributed by atoms with Crippen LogP contribution in [-0.2, 0) is 0 Å². The fraction of sp³-hybridized carbons (Fsp3) is 0.0625. The highest BCUT2D eigenvalue weighted by Crippen LogP contribution is 2.36. The summed E-state index contributed by atoms with van der Waals surface area (Å²) in [4.78, 5) is 17.3. The molecule has 0 saturated carbocycles. The molecule has 3 aromatic rings. The summed E-state index contributed by atoms with van der Waals surface area (Å²) in [5.74, 6) is -0.0976. The van der Waals surface area contributed by atoms with E-state index in [1.165, 1.54) is 0 Å². The third-order valence-electron chi connectivity index (χ3n) is 3.08. The fourth-order valence-electron chi connectivity index (χ4n) is 2.11. The average molecular weight is 282 g/mol. The normalized spacial score (nSPS) is 10.7. The number of carbonyl (C=O) groups is 1. The van der Waals surface area contributed by atoms with Gasteiger partial charge in [-0.2, -0.15) is 0 Å². The summed E-state index contributed by atoms with van der Waals surface area (Å²) >= 11 is 1.60. The zero-order chi connectivity index (χ0) is 13.9. The molecule has 0 bridgehead atoms. The molecule has 0 unspecified atom stereocenters. The molecule has 0 fully saturated rings. The quantitative estimate of drug-likeness (QED) is 0.769. The second-order valence-electron chi connectivity index (χ2n) is 4.37. The molecule has 0 aliphatic carbocycles. The molecule has 2 aromatic carbocycles. The van der Waals surface area contributed by atoms with Gasteiger partial charge >= 0.3 is 0 Å². The van der Waals surface area contributed by atoms with Gasteiger partial charge in [-0.05, 0) is 18.2 Å². The maximum atomic E-state index is 12.0. The largest absolute Gasteiger partial charge is 0.354 e. The highest BCUT2D eigenvalue weighted by Gasteiger charge is 2.17. The van der Waals surface area contributed by atoms with Crippen molar-refractivity contribution in [3.63, 3.8) is 0 Å². The summed E-state index contributed by atoms with van der Waals surface area (Å²) in [7, 11) is 1.64. The van der Waals surface area contributed by atoms with Crippen LogP contribution >= 0.6 is 11.8 Å². The predicted octanol–water partition coefficient (Wildman–Crippen LogP) is 3.68. The Hall–Kier alpha value is -2.20. The zero-order valence-electron chi connectivity index (χ0n) is 11.0. The zero-order valence-corrected chi connectivity index (χ0v) is 11.8. The van der Waals surface area contributed by atoms with Gasteiger partial charge in [0.2, 0.25) is 0 Å². The van der Waals surface area contributed by atoms with Crippen molar-refractivity contribution in [2.45, 2.75) is 9.79 Å². The molecular weight excluding hydrogens is 268 g/mol. The standard InChI is InChI=1S/C16H14N2OS/c1-17-16(19)14-15(20-11-7-3-2-4-8-11)12-9-5-6-10-13(12)18-14/h2-10,18H,1H3,(H,17,19). The first-order chi connectivity index (χ1) is 9.79. The van der Waals surface area contributed by atoms with Gasteiger partial charge in [0.15, 0.2) is 0 Å². The molecule has 1 amide bonds. The van der Waals surface area contributed by atoms with E-state index in [-0.39, 0.29) is 5.91 Å². The lowest BCUT2D eigenvalue weighted by atomic mass is 10.2. The molecule has 3 rings (SSSR count). The third-order valence-corrected chi connectivity index (χ3v) is 4.21. The minimum Gasteiger partial charge on any atom is -0.354 e. The van der Waals surface area contributed by atoms with Crippen LogP contribution in [0.5, 0.6) is 0 Å². The second-order valence-corrected chi connectivity index (χ2v) is 5.45. The van der Waals surface area contributed by atoms with E-state index >= 15 is 0 Å². The maximum Gasteiger partial charge on any atom is 0.268 e. The maximum absolute atomic E-state index is 12.0. The molecule has 3 nitrogen and oxygen atoms in total. The number of hydrogen-bond acceptors (Lipinski definition) is 2. The minimum absolute atomic E-state index is 0.0976. The predicted molar refractivity (Wildman–Crippen MR) is 82.3 cm³/mol. The summed E-state index contributed by atoms with van der Waals surface area (Å²) in [5, 5.41) is 3.75. The Morgan fingerprint density at radius 1 is 1.05 bits per heavy atom. The van der Waals surface area contributed by atoms with Crippen LogP contribution in [0.25, 0.3) is 10.9 Å². The lowest BCUT2D eigenvalue weighted by Gasteiger charge is -2.03. The smallest absolute Gasteiger partial charge is 0.268 e. The summed E-state index contributed by atoms with van der Waals surface area (Å²) in [5.41, 5.74) is 1.59.